The molecule has 0 heterocycles. The smallest absolute Gasteiger partial charge is 0.221 e. The molecule has 0 rings (SSSR count). The fourth-order valence-electron chi connectivity index (χ4n) is 0.671. The summed E-state index contributed by atoms with van der Waals surface area (Å²) in [5, 5.41) is 8.26. The number of quaternary nitrogens is 1. The first-order chi connectivity index (χ1) is 5.10. The van der Waals surface area contributed by atoms with Crippen LogP contribution < -0.4 is 0 Å². The van der Waals surface area contributed by atoms with E-state index in [1.807, 2.05) is 0 Å². The topological polar surface area (TPSA) is 19.9 Å². The molecule has 0 aliphatic rings. The summed E-state index contributed by atoms with van der Waals surface area (Å²) in [4.78, 5) is 0. The Bertz CT molecular complexity index is 66.2. The first-order valence-corrected chi connectivity index (χ1v) is 4.07. The summed E-state index contributed by atoms with van der Waals surface area (Å²) in [6, 6.07) is 0. The van der Waals surface area contributed by atoms with E-state index in [1.165, 1.54) is 24.1 Å². The fourth-order valence-corrected chi connectivity index (χ4v) is 0.671. The minimum atomic E-state index is -1.50. The van der Waals surface area contributed by atoms with Gasteiger partial charge in [0.15, 0.2) is 0 Å². The van der Waals surface area contributed by atoms with Crippen LogP contribution in [0.3, 0.4) is 0 Å². The van der Waals surface area contributed by atoms with Crippen LogP contribution in [-0.2, 0) is 5.11 Å². The minimum Gasteiger partial charge on any atom is -0.327 e. The molecule has 0 aromatic heterocycles. The van der Waals surface area contributed by atoms with Gasteiger partial charge in [-0.3, -0.25) is 0 Å². The number of halogens is 1. The molecular formula is C8H20FNO+. The van der Waals surface area contributed by atoms with Crippen molar-refractivity contribution in [1.29, 1.82) is 0 Å². The molecule has 0 spiro atoms. The molecule has 11 heavy (non-hydrogen) atoms. The maximum absolute atomic E-state index is 9.74. The summed E-state index contributed by atoms with van der Waals surface area (Å²) in [5.41, 5.74) is 0. The summed E-state index contributed by atoms with van der Waals surface area (Å²) in [6.07, 6.45) is 0. The van der Waals surface area contributed by atoms with Crippen LogP contribution in [-0.4, -0.2) is 38.0 Å². The van der Waals surface area contributed by atoms with Crippen LogP contribution in [0.5, 0.6) is 0 Å². The zero-order valence-electron chi connectivity index (χ0n) is 8.06. The van der Waals surface area contributed by atoms with Crippen molar-refractivity contribution in [3.05, 3.63) is 0 Å². The van der Waals surface area contributed by atoms with Crippen LogP contribution in [0, 0.1) is 0 Å². The van der Waals surface area contributed by atoms with E-state index in [0.29, 0.717) is 0 Å². The normalized spacial score (nSPS) is 10.4. The summed E-state index contributed by atoms with van der Waals surface area (Å²) < 4.78 is 10.9. The van der Waals surface area contributed by atoms with Crippen molar-refractivity contribution >= 4 is 0 Å². The monoisotopic (exact) mass is 165 g/mol. The third-order valence-corrected chi connectivity index (χ3v) is 2.29. The van der Waals surface area contributed by atoms with E-state index in [2.05, 4.69) is 27.8 Å². The molecule has 0 aliphatic heterocycles. The van der Waals surface area contributed by atoms with Gasteiger partial charge in [0, 0.05) is 0 Å². The highest BCUT2D eigenvalue weighted by atomic mass is 19.1. The zero-order chi connectivity index (χ0) is 9.33. The van der Waals surface area contributed by atoms with Gasteiger partial charge < -0.3 is 4.48 Å². The average Bonchev–Trinajstić information content (AvgIpc) is 2.05. The van der Waals surface area contributed by atoms with E-state index in [9.17, 15) is 4.39 Å². The fraction of sp³-hybridized carbons (Fsp3) is 1.00. The summed E-state index contributed by atoms with van der Waals surface area (Å²) in [5.74, 6) is 0. The minimum absolute atomic E-state index is 1.21. The van der Waals surface area contributed by atoms with Crippen LogP contribution in [0.2, 0.25) is 0 Å². The lowest BCUT2D eigenvalue weighted by Crippen LogP contribution is -2.42. The second kappa shape index (κ2) is 7.95. The van der Waals surface area contributed by atoms with Gasteiger partial charge in [-0.15, -0.1) is 0 Å². The lowest BCUT2D eigenvalue weighted by Gasteiger charge is -2.30. The first kappa shape index (κ1) is 13.4. The maximum atomic E-state index is 9.74. The Morgan fingerprint density at radius 3 is 1.27 bits per heavy atom. The molecule has 1 radical (unpaired) electrons. The SMILES string of the molecule is CC[N+](C)(CC)CC.[O]CF. The lowest BCUT2D eigenvalue weighted by atomic mass is 10.4. The standard InChI is InChI=1S/C7H18N.CH2FO/c1-5-8(4,6-2)7-3;2-1-3/h5-7H2,1-4H3;1H2/q+1;. The molecule has 3 heteroatoms. The molecule has 0 fully saturated rings. The second-order valence-electron chi connectivity index (χ2n) is 2.68. The average molecular weight is 165 g/mol. The van der Waals surface area contributed by atoms with Crippen LogP contribution in [0.15, 0.2) is 0 Å². The Morgan fingerprint density at radius 2 is 1.27 bits per heavy atom. The van der Waals surface area contributed by atoms with Crippen LogP contribution in [0.25, 0.3) is 0 Å². The van der Waals surface area contributed by atoms with Gasteiger partial charge in [0.2, 0.25) is 6.86 Å². The van der Waals surface area contributed by atoms with E-state index < -0.39 is 6.86 Å². The van der Waals surface area contributed by atoms with Crippen molar-refractivity contribution in [3.63, 3.8) is 0 Å². The molecular weight excluding hydrogens is 145 g/mol. The number of nitrogens with zero attached hydrogens (tertiary/aromatic N) is 1. The number of rotatable bonds is 3. The Kier molecular flexibility index (Phi) is 9.72. The molecule has 0 aromatic rings. The van der Waals surface area contributed by atoms with Crippen molar-refractivity contribution in [2.75, 3.05) is 33.5 Å². The molecule has 0 aromatic carbocycles. The molecule has 0 saturated heterocycles. The van der Waals surface area contributed by atoms with Crippen molar-refractivity contribution in [3.8, 4) is 0 Å². The summed E-state index contributed by atoms with van der Waals surface area (Å²) in [7, 11) is 2.29. The highest BCUT2D eigenvalue weighted by molar-refractivity contribution is 4.24. The molecule has 0 N–H and O–H groups in total. The molecule has 69 valence electrons. The van der Waals surface area contributed by atoms with Crippen molar-refractivity contribution in [2.24, 2.45) is 0 Å². The Morgan fingerprint density at radius 1 is 1.09 bits per heavy atom. The van der Waals surface area contributed by atoms with Gasteiger partial charge in [-0.05, 0) is 20.8 Å². The molecule has 2 nitrogen and oxygen atoms in total. The van der Waals surface area contributed by atoms with Crippen LogP contribution in [0.1, 0.15) is 20.8 Å². The van der Waals surface area contributed by atoms with Gasteiger partial charge in [0.05, 0.1) is 26.7 Å². The first-order valence-electron chi connectivity index (χ1n) is 4.07. The number of alkyl halides is 1. The highest BCUT2D eigenvalue weighted by Gasteiger charge is 2.10. The third-order valence-electron chi connectivity index (χ3n) is 2.29. The Balaban J connectivity index is 0. The van der Waals surface area contributed by atoms with Gasteiger partial charge in [0.25, 0.3) is 0 Å². The van der Waals surface area contributed by atoms with E-state index in [4.69, 9.17) is 5.11 Å². The quantitative estimate of drug-likeness (QED) is 0.569. The zero-order valence-corrected chi connectivity index (χ0v) is 8.06. The Labute approximate surface area is 69.2 Å². The molecule has 0 unspecified atom stereocenters. The van der Waals surface area contributed by atoms with Crippen molar-refractivity contribution in [2.45, 2.75) is 20.8 Å². The van der Waals surface area contributed by atoms with Gasteiger partial charge in [-0.1, -0.05) is 0 Å². The van der Waals surface area contributed by atoms with Gasteiger partial charge in [-0.2, -0.15) is 5.11 Å². The second-order valence-corrected chi connectivity index (χ2v) is 2.68. The number of hydrogen-bond donors (Lipinski definition) is 0. The van der Waals surface area contributed by atoms with E-state index in [0.717, 1.165) is 0 Å². The summed E-state index contributed by atoms with van der Waals surface area (Å²) in [6.45, 7) is 9.00. The molecule has 0 saturated carbocycles. The van der Waals surface area contributed by atoms with Crippen molar-refractivity contribution in [1.82, 2.24) is 0 Å². The van der Waals surface area contributed by atoms with Crippen LogP contribution >= 0.6 is 0 Å². The van der Waals surface area contributed by atoms with Crippen LogP contribution in [0.4, 0.5) is 4.39 Å². The lowest BCUT2D eigenvalue weighted by molar-refractivity contribution is -0.904. The third kappa shape index (κ3) is 7.75. The molecule has 0 aliphatic carbocycles. The molecule has 0 amide bonds. The Hall–Kier alpha value is -0.150. The predicted octanol–water partition coefficient (Wildman–Crippen LogP) is 1.84. The highest BCUT2D eigenvalue weighted by Crippen LogP contribution is 1.97. The predicted molar refractivity (Wildman–Crippen MR) is 44.5 cm³/mol. The van der Waals surface area contributed by atoms with E-state index in [-0.39, 0.29) is 0 Å². The number of hydrogen-bond acceptors (Lipinski definition) is 0. The van der Waals surface area contributed by atoms with Crippen molar-refractivity contribution < 1.29 is 14.0 Å². The van der Waals surface area contributed by atoms with E-state index >= 15 is 0 Å². The molecule has 0 atom stereocenters. The van der Waals surface area contributed by atoms with E-state index in [1.54, 1.807) is 0 Å². The summed E-state index contributed by atoms with van der Waals surface area (Å²) >= 11 is 0. The van der Waals surface area contributed by atoms with Gasteiger partial charge in [0.1, 0.15) is 0 Å². The molecule has 0 bridgehead atoms. The largest absolute Gasteiger partial charge is 0.327 e. The maximum Gasteiger partial charge on any atom is 0.221 e. The van der Waals surface area contributed by atoms with Gasteiger partial charge >= 0.3 is 0 Å². The van der Waals surface area contributed by atoms with Gasteiger partial charge in [-0.25, -0.2) is 4.39 Å².